The largest absolute Gasteiger partial charge is 0.573 e. The van der Waals surface area contributed by atoms with Crippen LogP contribution in [-0.2, 0) is 0 Å². The molecule has 0 fully saturated rings. The van der Waals surface area contributed by atoms with Gasteiger partial charge in [-0.25, -0.2) is 0 Å². The van der Waals surface area contributed by atoms with Crippen molar-refractivity contribution in [1.29, 1.82) is 0 Å². The fourth-order valence-electron chi connectivity index (χ4n) is 1.92. The third-order valence-electron chi connectivity index (χ3n) is 2.98. The van der Waals surface area contributed by atoms with Gasteiger partial charge in [0, 0.05) is 11.3 Å². The molecule has 0 spiro atoms. The van der Waals surface area contributed by atoms with E-state index in [-0.39, 0.29) is 11.7 Å². The Morgan fingerprint density at radius 1 is 1.05 bits per heavy atom. The highest BCUT2D eigenvalue weighted by Crippen LogP contribution is 2.24. The summed E-state index contributed by atoms with van der Waals surface area (Å²) in [5, 5.41) is 2.64. The van der Waals surface area contributed by atoms with E-state index in [1.807, 2.05) is 26.0 Å². The molecule has 1 N–H and O–H groups in total. The zero-order valence-corrected chi connectivity index (χ0v) is 12.0. The molecule has 2 aromatic carbocycles. The van der Waals surface area contributed by atoms with Gasteiger partial charge in [0.25, 0.3) is 5.91 Å². The summed E-state index contributed by atoms with van der Waals surface area (Å²) in [6.45, 7) is 3.69. The monoisotopic (exact) mass is 309 g/mol. The maximum atomic E-state index is 12.2. The third kappa shape index (κ3) is 4.25. The summed E-state index contributed by atoms with van der Waals surface area (Å²) >= 11 is 0. The van der Waals surface area contributed by atoms with Crippen LogP contribution in [0, 0.1) is 13.8 Å². The van der Waals surface area contributed by atoms with Crippen LogP contribution in [0.2, 0.25) is 0 Å². The van der Waals surface area contributed by atoms with Crippen LogP contribution in [0.15, 0.2) is 42.5 Å². The minimum Gasteiger partial charge on any atom is -0.406 e. The van der Waals surface area contributed by atoms with Gasteiger partial charge in [-0.15, -0.1) is 13.2 Å². The first kappa shape index (κ1) is 15.9. The number of anilines is 1. The fraction of sp³-hybridized carbons (Fsp3) is 0.188. The van der Waals surface area contributed by atoms with Gasteiger partial charge in [0.1, 0.15) is 5.75 Å². The Morgan fingerprint density at radius 2 is 1.68 bits per heavy atom. The summed E-state index contributed by atoms with van der Waals surface area (Å²) in [5.41, 5.74) is 2.68. The molecule has 0 aliphatic heterocycles. The highest BCUT2D eigenvalue weighted by molar-refractivity contribution is 6.05. The predicted octanol–water partition coefficient (Wildman–Crippen LogP) is 4.45. The summed E-state index contributed by atoms with van der Waals surface area (Å²) < 4.78 is 40.0. The quantitative estimate of drug-likeness (QED) is 0.909. The Labute approximate surface area is 125 Å². The van der Waals surface area contributed by atoms with Crippen LogP contribution in [0.3, 0.4) is 0 Å². The standard InChI is InChI=1S/C16H14F3NO2/c1-10-3-4-11(2)14(9-10)15(21)20-12-5-7-13(8-6-12)22-16(17,18)19/h3-9H,1-2H3,(H,20,21). The van der Waals surface area contributed by atoms with Crippen molar-refractivity contribution < 1.29 is 22.7 Å². The molecule has 0 aromatic heterocycles. The predicted molar refractivity (Wildman–Crippen MR) is 77.0 cm³/mol. The molecule has 2 aromatic rings. The van der Waals surface area contributed by atoms with Crippen LogP contribution in [0.5, 0.6) is 5.75 Å². The van der Waals surface area contributed by atoms with E-state index >= 15 is 0 Å². The van der Waals surface area contributed by atoms with Gasteiger partial charge in [0.2, 0.25) is 0 Å². The number of benzene rings is 2. The molecule has 1 amide bonds. The average Bonchev–Trinajstić information content (AvgIpc) is 2.42. The van der Waals surface area contributed by atoms with Gasteiger partial charge in [0.15, 0.2) is 0 Å². The van der Waals surface area contributed by atoms with E-state index in [0.717, 1.165) is 23.3 Å². The number of carbonyl (C=O) groups is 1. The number of hydrogen-bond donors (Lipinski definition) is 1. The van der Waals surface area contributed by atoms with Crippen LogP contribution >= 0.6 is 0 Å². The smallest absolute Gasteiger partial charge is 0.406 e. The van der Waals surface area contributed by atoms with Gasteiger partial charge in [-0.05, 0) is 49.7 Å². The van der Waals surface area contributed by atoms with E-state index in [4.69, 9.17) is 0 Å². The first-order valence-electron chi connectivity index (χ1n) is 6.49. The molecule has 0 saturated heterocycles. The molecule has 2 rings (SSSR count). The number of hydrogen-bond acceptors (Lipinski definition) is 2. The highest BCUT2D eigenvalue weighted by Gasteiger charge is 2.30. The van der Waals surface area contributed by atoms with Crippen LogP contribution < -0.4 is 10.1 Å². The molecule has 116 valence electrons. The first-order chi connectivity index (χ1) is 10.2. The average molecular weight is 309 g/mol. The lowest BCUT2D eigenvalue weighted by molar-refractivity contribution is -0.274. The number of ether oxygens (including phenoxy) is 1. The maximum absolute atomic E-state index is 12.2. The zero-order valence-electron chi connectivity index (χ0n) is 12.0. The Bertz CT molecular complexity index is 679. The van der Waals surface area contributed by atoms with Crippen molar-refractivity contribution in [3.8, 4) is 5.75 Å². The molecule has 22 heavy (non-hydrogen) atoms. The van der Waals surface area contributed by atoms with Crippen LogP contribution in [-0.4, -0.2) is 12.3 Å². The molecule has 3 nitrogen and oxygen atoms in total. The molecule has 6 heteroatoms. The summed E-state index contributed by atoms with van der Waals surface area (Å²) in [6, 6.07) is 10.5. The number of aryl methyl sites for hydroxylation is 2. The molecule has 0 atom stereocenters. The molecule has 0 aliphatic rings. The van der Waals surface area contributed by atoms with Crippen LogP contribution in [0.4, 0.5) is 18.9 Å². The Hall–Kier alpha value is -2.50. The van der Waals surface area contributed by atoms with Gasteiger partial charge in [0.05, 0.1) is 0 Å². The topological polar surface area (TPSA) is 38.3 Å². The fourth-order valence-corrected chi connectivity index (χ4v) is 1.92. The minimum absolute atomic E-state index is 0.314. The van der Waals surface area contributed by atoms with Gasteiger partial charge in [-0.3, -0.25) is 4.79 Å². The number of alkyl halides is 3. The van der Waals surface area contributed by atoms with E-state index in [1.165, 1.54) is 12.1 Å². The first-order valence-corrected chi connectivity index (χ1v) is 6.49. The van der Waals surface area contributed by atoms with Crippen molar-refractivity contribution in [3.63, 3.8) is 0 Å². The van der Waals surface area contributed by atoms with Crippen molar-refractivity contribution in [1.82, 2.24) is 0 Å². The van der Waals surface area contributed by atoms with Gasteiger partial charge in [-0.1, -0.05) is 17.7 Å². The minimum atomic E-state index is -4.73. The molecule has 0 radical (unpaired) electrons. The SMILES string of the molecule is Cc1ccc(C)c(C(=O)Nc2ccc(OC(F)(F)F)cc2)c1. The van der Waals surface area contributed by atoms with E-state index in [1.54, 1.807) is 6.07 Å². The van der Waals surface area contributed by atoms with Gasteiger partial charge in [-0.2, -0.15) is 0 Å². The zero-order chi connectivity index (χ0) is 16.3. The molecule has 0 aliphatic carbocycles. The maximum Gasteiger partial charge on any atom is 0.573 e. The lowest BCUT2D eigenvalue weighted by Gasteiger charge is -2.11. The van der Waals surface area contributed by atoms with E-state index in [0.29, 0.717) is 11.3 Å². The molecule has 0 heterocycles. The van der Waals surface area contributed by atoms with Crippen molar-refractivity contribution in [2.75, 3.05) is 5.32 Å². The number of halogens is 3. The lowest BCUT2D eigenvalue weighted by atomic mass is 10.1. The Morgan fingerprint density at radius 3 is 2.27 bits per heavy atom. The van der Waals surface area contributed by atoms with Crippen molar-refractivity contribution in [2.24, 2.45) is 0 Å². The number of rotatable bonds is 3. The van der Waals surface area contributed by atoms with Crippen LogP contribution in [0.25, 0.3) is 0 Å². The second-order valence-electron chi connectivity index (χ2n) is 4.84. The Balaban J connectivity index is 2.10. The summed E-state index contributed by atoms with van der Waals surface area (Å²) in [4.78, 5) is 12.2. The normalized spacial score (nSPS) is 11.1. The van der Waals surface area contributed by atoms with Gasteiger partial charge < -0.3 is 10.1 Å². The molecular weight excluding hydrogens is 295 g/mol. The molecule has 0 unspecified atom stereocenters. The summed E-state index contributed by atoms with van der Waals surface area (Å²) in [7, 11) is 0. The second-order valence-corrected chi connectivity index (χ2v) is 4.84. The van der Waals surface area contributed by atoms with E-state index in [9.17, 15) is 18.0 Å². The van der Waals surface area contributed by atoms with Crippen molar-refractivity contribution in [2.45, 2.75) is 20.2 Å². The van der Waals surface area contributed by atoms with Gasteiger partial charge >= 0.3 is 6.36 Å². The van der Waals surface area contributed by atoms with Crippen LogP contribution in [0.1, 0.15) is 21.5 Å². The van der Waals surface area contributed by atoms with E-state index < -0.39 is 6.36 Å². The van der Waals surface area contributed by atoms with E-state index in [2.05, 4.69) is 10.1 Å². The third-order valence-corrected chi connectivity index (χ3v) is 2.98. The lowest BCUT2D eigenvalue weighted by Crippen LogP contribution is -2.17. The van der Waals surface area contributed by atoms with Crippen molar-refractivity contribution in [3.05, 3.63) is 59.2 Å². The Kier molecular flexibility index (Phi) is 4.40. The summed E-state index contributed by atoms with van der Waals surface area (Å²) in [5.74, 6) is -0.650. The number of nitrogens with one attached hydrogen (secondary N) is 1. The molecule has 0 saturated carbocycles. The number of carbonyl (C=O) groups excluding carboxylic acids is 1. The second kappa shape index (κ2) is 6.09. The number of amides is 1. The highest BCUT2D eigenvalue weighted by atomic mass is 19.4. The summed E-state index contributed by atoms with van der Waals surface area (Å²) in [6.07, 6.45) is -4.73. The molecular formula is C16H14F3NO2. The van der Waals surface area contributed by atoms with Crippen molar-refractivity contribution >= 4 is 11.6 Å². The molecule has 0 bridgehead atoms.